The van der Waals surface area contributed by atoms with Crippen molar-refractivity contribution in [3.8, 4) is 0 Å². The summed E-state index contributed by atoms with van der Waals surface area (Å²) in [7, 11) is 0. The Labute approximate surface area is 120 Å². The van der Waals surface area contributed by atoms with E-state index in [1.54, 1.807) is 0 Å². The molecular weight excluding hydrogens is 250 g/mol. The molecule has 0 saturated carbocycles. The van der Waals surface area contributed by atoms with Crippen LogP contribution in [0.2, 0.25) is 0 Å². The van der Waals surface area contributed by atoms with Crippen molar-refractivity contribution in [1.29, 1.82) is 0 Å². The number of furan rings is 1. The molecule has 2 heterocycles. The van der Waals surface area contributed by atoms with E-state index in [9.17, 15) is 5.11 Å². The molecule has 108 valence electrons. The Kier molecular flexibility index (Phi) is 3.25. The van der Waals surface area contributed by atoms with Crippen LogP contribution in [0.15, 0.2) is 16.5 Å². The zero-order valence-electron chi connectivity index (χ0n) is 12.7. The number of aryl methyl sites for hydroxylation is 3. The number of fused-ring (bicyclic) bond motifs is 1. The monoisotopic (exact) mass is 273 g/mol. The van der Waals surface area contributed by atoms with Crippen molar-refractivity contribution < 1.29 is 9.52 Å². The molecule has 1 N–H and O–H groups in total. The van der Waals surface area contributed by atoms with E-state index in [1.165, 1.54) is 17.0 Å². The summed E-state index contributed by atoms with van der Waals surface area (Å²) in [6.45, 7) is 8.36. The van der Waals surface area contributed by atoms with E-state index in [0.717, 1.165) is 36.3 Å². The van der Waals surface area contributed by atoms with Crippen LogP contribution in [0.3, 0.4) is 0 Å². The molecule has 2 aromatic rings. The molecule has 0 amide bonds. The van der Waals surface area contributed by atoms with Crippen LogP contribution < -0.4 is 0 Å². The maximum absolute atomic E-state index is 10.2. The molecule has 0 fully saturated rings. The molecule has 1 aliphatic rings. The molecule has 0 radical (unpaired) electrons. The lowest BCUT2D eigenvalue weighted by Crippen LogP contribution is -2.16. The first-order valence-corrected chi connectivity index (χ1v) is 7.44. The van der Waals surface area contributed by atoms with E-state index in [2.05, 4.69) is 30.5 Å². The fraction of sp³-hybridized carbons (Fsp3) is 0.529. The Morgan fingerprint density at radius 1 is 1.30 bits per heavy atom. The summed E-state index contributed by atoms with van der Waals surface area (Å²) >= 11 is 0. The van der Waals surface area contributed by atoms with Crippen LogP contribution in [0, 0.1) is 20.8 Å². The predicted molar refractivity (Wildman–Crippen MR) is 79.1 cm³/mol. The Morgan fingerprint density at radius 3 is 2.70 bits per heavy atom. The number of hydrogen-bond donors (Lipinski definition) is 1. The van der Waals surface area contributed by atoms with Gasteiger partial charge in [0.05, 0.1) is 12.1 Å². The van der Waals surface area contributed by atoms with E-state index in [0.29, 0.717) is 0 Å². The quantitative estimate of drug-likeness (QED) is 0.898. The van der Waals surface area contributed by atoms with Gasteiger partial charge in [-0.05, 0) is 59.1 Å². The second-order valence-corrected chi connectivity index (χ2v) is 6.01. The van der Waals surface area contributed by atoms with Crippen LogP contribution in [0.1, 0.15) is 65.9 Å². The summed E-state index contributed by atoms with van der Waals surface area (Å²) < 4.78 is 8.05. The van der Waals surface area contributed by atoms with Crippen molar-refractivity contribution in [3.63, 3.8) is 0 Å². The van der Waals surface area contributed by atoms with Crippen molar-refractivity contribution in [1.82, 2.24) is 4.57 Å². The highest BCUT2D eigenvalue weighted by atomic mass is 16.3. The Hall–Kier alpha value is -1.48. The van der Waals surface area contributed by atoms with Gasteiger partial charge in [0.25, 0.3) is 0 Å². The molecule has 20 heavy (non-hydrogen) atoms. The van der Waals surface area contributed by atoms with Crippen molar-refractivity contribution >= 4 is 0 Å². The number of nitrogens with zero attached hydrogens (tertiary/aromatic N) is 1. The summed E-state index contributed by atoms with van der Waals surface area (Å²) in [5.41, 5.74) is 4.89. The summed E-state index contributed by atoms with van der Waals surface area (Å²) in [5.74, 6) is 1.95. The fourth-order valence-corrected chi connectivity index (χ4v) is 3.65. The minimum atomic E-state index is -0.293. The topological polar surface area (TPSA) is 38.3 Å². The van der Waals surface area contributed by atoms with Crippen molar-refractivity contribution in [3.05, 3.63) is 46.2 Å². The van der Waals surface area contributed by atoms with E-state index in [4.69, 9.17) is 4.42 Å². The third-order valence-electron chi connectivity index (χ3n) is 4.54. The highest BCUT2D eigenvalue weighted by Crippen LogP contribution is 2.36. The number of aromatic nitrogens is 1. The summed E-state index contributed by atoms with van der Waals surface area (Å²) in [6, 6.07) is 4.53. The maximum Gasteiger partial charge on any atom is 0.106 e. The maximum atomic E-state index is 10.2. The van der Waals surface area contributed by atoms with E-state index >= 15 is 0 Å². The van der Waals surface area contributed by atoms with E-state index < -0.39 is 0 Å². The van der Waals surface area contributed by atoms with Crippen molar-refractivity contribution in [2.45, 2.75) is 59.1 Å². The fourth-order valence-electron chi connectivity index (χ4n) is 3.65. The van der Waals surface area contributed by atoms with Gasteiger partial charge in [-0.25, -0.2) is 0 Å². The SMILES string of the molecule is Cc1cc(C(C)n2c(C)cc3c2CCCC3O)c(C)o1. The molecule has 3 nitrogen and oxygen atoms in total. The van der Waals surface area contributed by atoms with Crippen LogP contribution in [-0.4, -0.2) is 9.67 Å². The summed E-state index contributed by atoms with van der Waals surface area (Å²) in [4.78, 5) is 0. The van der Waals surface area contributed by atoms with Gasteiger partial charge in [0.1, 0.15) is 11.5 Å². The number of hydrogen-bond acceptors (Lipinski definition) is 2. The molecule has 0 saturated heterocycles. The predicted octanol–water partition coefficient (Wildman–Crippen LogP) is 3.99. The molecule has 0 aromatic carbocycles. The highest BCUT2D eigenvalue weighted by molar-refractivity contribution is 5.35. The highest BCUT2D eigenvalue weighted by Gasteiger charge is 2.26. The minimum Gasteiger partial charge on any atom is -0.466 e. The molecule has 2 atom stereocenters. The molecule has 3 rings (SSSR count). The molecule has 1 aliphatic carbocycles. The van der Waals surface area contributed by atoms with Gasteiger partial charge in [-0.1, -0.05) is 0 Å². The second-order valence-electron chi connectivity index (χ2n) is 6.01. The van der Waals surface area contributed by atoms with Crippen LogP contribution in [0.5, 0.6) is 0 Å². The Bertz CT molecular complexity index is 636. The van der Waals surface area contributed by atoms with Crippen molar-refractivity contribution in [2.24, 2.45) is 0 Å². The average molecular weight is 273 g/mol. The van der Waals surface area contributed by atoms with Gasteiger partial charge in [0.15, 0.2) is 0 Å². The molecule has 3 heteroatoms. The van der Waals surface area contributed by atoms with Gasteiger partial charge in [0, 0.05) is 22.5 Å². The smallest absolute Gasteiger partial charge is 0.106 e. The largest absolute Gasteiger partial charge is 0.466 e. The normalized spacial score (nSPS) is 19.9. The molecule has 0 bridgehead atoms. The molecule has 0 spiro atoms. The number of aliphatic hydroxyl groups excluding tert-OH is 1. The third-order valence-corrected chi connectivity index (χ3v) is 4.54. The van der Waals surface area contributed by atoms with Gasteiger partial charge in [-0.2, -0.15) is 0 Å². The summed E-state index contributed by atoms with van der Waals surface area (Å²) in [6.07, 6.45) is 2.71. The lowest BCUT2D eigenvalue weighted by molar-refractivity contribution is 0.155. The first-order chi connectivity index (χ1) is 9.49. The lowest BCUT2D eigenvalue weighted by atomic mass is 9.95. The lowest BCUT2D eigenvalue weighted by Gasteiger charge is -2.24. The average Bonchev–Trinajstić information content (AvgIpc) is 2.89. The van der Waals surface area contributed by atoms with Gasteiger partial charge in [-0.3, -0.25) is 0 Å². The van der Waals surface area contributed by atoms with Crippen LogP contribution in [0.25, 0.3) is 0 Å². The van der Waals surface area contributed by atoms with E-state index in [1.807, 2.05) is 13.8 Å². The minimum absolute atomic E-state index is 0.251. The third kappa shape index (κ3) is 2.01. The van der Waals surface area contributed by atoms with Crippen LogP contribution in [0.4, 0.5) is 0 Å². The molecule has 0 aliphatic heterocycles. The first kappa shape index (κ1) is 13.5. The first-order valence-electron chi connectivity index (χ1n) is 7.44. The van der Waals surface area contributed by atoms with Crippen LogP contribution >= 0.6 is 0 Å². The van der Waals surface area contributed by atoms with Crippen molar-refractivity contribution in [2.75, 3.05) is 0 Å². The Balaban J connectivity index is 2.08. The zero-order valence-corrected chi connectivity index (χ0v) is 12.7. The second kappa shape index (κ2) is 4.81. The van der Waals surface area contributed by atoms with E-state index in [-0.39, 0.29) is 12.1 Å². The van der Waals surface area contributed by atoms with Gasteiger partial charge in [-0.15, -0.1) is 0 Å². The van der Waals surface area contributed by atoms with Gasteiger partial charge >= 0.3 is 0 Å². The van der Waals surface area contributed by atoms with Gasteiger partial charge < -0.3 is 14.1 Å². The molecular formula is C17H23NO2. The number of rotatable bonds is 2. The molecule has 2 unspecified atom stereocenters. The van der Waals surface area contributed by atoms with Gasteiger partial charge in [0.2, 0.25) is 0 Å². The molecule has 2 aromatic heterocycles. The Morgan fingerprint density at radius 2 is 2.05 bits per heavy atom. The zero-order chi connectivity index (χ0) is 14.4. The number of aliphatic hydroxyl groups is 1. The summed E-state index contributed by atoms with van der Waals surface area (Å²) in [5, 5.41) is 10.2. The standard InChI is InChI=1S/C17H23NO2/c1-10-8-15-16(6-5-7-17(15)19)18(10)12(3)14-9-11(2)20-13(14)4/h8-9,12,17,19H,5-7H2,1-4H3. The van der Waals surface area contributed by atoms with Crippen LogP contribution in [-0.2, 0) is 6.42 Å².